The van der Waals surface area contributed by atoms with Crippen LogP contribution >= 0.6 is 0 Å². The van der Waals surface area contributed by atoms with Crippen LogP contribution in [-0.2, 0) is 6.18 Å². The molecule has 0 heterocycles. The molecule has 0 N–H and O–H groups in total. The minimum Gasteiger partial charge on any atom is -0.193 e. The molecule has 5 aromatic rings. The van der Waals surface area contributed by atoms with Crippen molar-refractivity contribution in [3.63, 3.8) is 0 Å². The number of benzene rings is 5. The van der Waals surface area contributed by atoms with Crippen molar-refractivity contribution < 1.29 is 26.3 Å². The smallest absolute Gasteiger partial charge is 0.193 e. The van der Waals surface area contributed by atoms with E-state index in [0.29, 0.717) is 44.5 Å². The maximum absolute atomic E-state index is 14.5. The molecule has 48 heavy (non-hydrogen) atoms. The largest absolute Gasteiger partial charge is 0.426 e. The summed E-state index contributed by atoms with van der Waals surface area (Å²) in [5.41, 5.74) is 6.53. The first-order chi connectivity index (χ1) is 22.8. The number of nitrogens with zero attached hydrogens (tertiary/aromatic N) is 2. The average molecular weight is 645 g/mol. The minimum absolute atomic E-state index is 0.150. The van der Waals surface area contributed by atoms with Crippen LogP contribution in [0.25, 0.3) is 55.7 Å². The van der Waals surface area contributed by atoms with E-state index in [1.54, 1.807) is 31.2 Å². The maximum atomic E-state index is 14.5. The summed E-state index contributed by atoms with van der Waals surface area (Å²) in [6.07, 6.45) is -9.52. The van der Waals surface area contributed by atoms with Crippen LogP contribution in [0, 0.1) is 29.6 Å². The molecule has 8 heteroatoms. The van der Waals surface area contributed by atoms with Crippen molar-refractivity contribution in [2.45, 2.75) is 26.2 Å². The van der Waals surface area contributed by atoms with Crippen LogP contribution in [0.2, 0.25) is 0 Å². The quantitative estimate of drug-likeness (QED) is 0.139. The lowest BCUT2D eigenvalue weighted by atomic mass is 9.91. The van der Waals surface area contributed by atoms with Gasteiger partial charge in [-0.05, 0) is 105 Å². The minimum atomic E-state index is -4.98. The number of nitriles is 2. The van der Waals surface area contributed by atoms with Crippen LogP contribution < -0.4 is 0 Å². The zero-order chi connectivity index (χ0) is 34.1. The first-order valence-corrected chi connectivity index (χ1v) is 14.9. The third-order valence-corrected chi connectivity index (χ3v) is 8.98. The van der Waals surface area contributed by atoms with Crippen molar-refractivity contribution in [1.29, 1.82) is 10.5 Å². The molecule has 0 aliphatic heterocycles. The lowest BCUT2D eigenvalue weighted by Crippen LogP contribution is -2.12. The fraction of sp³-hybridized carbons (Fsp3) is 0.100. The van der Waals surface area contributed by atoms with E-state index in [1.807, 2.05) is 49.4 Å². The SMILES string of the molecule is C/C(C#N)=C1\c2cc(-c3ccc(C)cc3)ccc2-c2c1ccc1c2-c2ccc(-c3ccc(C(F)(F)F)cc3)cc2/C1=C(/C#N)C(F)(F)F. The van der Waals surface area contributed by atoms with E-state index in [2.05, 4.69) is 6.07 Å². The first-order valence-electron chi connectivity index (χ1n) is 14.9. The number of hydrogen-bond acceptors (Lipinski definition) is 2. The molecule has 0 radical (unpaired) electrons. The van der Waals surface area contributed by atoms with E-state index in [4.69, 9.17) is 0 Å². The van der Waals surface area contributed by atoms with Crippen LogP contribution in [0.5, 0.6) is 0 Å². The number of allylic oxidation sites excluding steroid dienone is 2. The average Bonchev–Trinajstić information content (AvgIpc) is 3.56. The van der Waals surface area contributed by atoms with Gasteiger partial charge in [0.05, 0.1) is 11.6 Å². The Balaban J connectivity index is 1.50. The van der Waals surface area contributed by atoms with E-state index in [9.17, 15) is 36.9 Å². The lowest BCUT2D eigenvalue weighted by Gasteiger charge is -2.12. The van der Waals surface area contributed by atoms with Gasteiger partial charge in [0.25, 0.3) is 0 Å². The summed E-state index contributed by atoms with van der Waals surface area (Å²) in [6, 6.07) is 29.9. The number of aryl methyl sites for hydroxylation is 1. The number of alkyl halides is 6. The predicted molar refractivity (Wildman–Crippen MR) is 173 cm³/mol. The van der Waals surface area contributed by atoms with Crippen molar-refractivity contribution in [3.8, 4) is 56.6 Å². The van der Waals surface area contributed by atoms with Crippen molar-refractivity contribution >= 4 is 11.1 Å². The molecule has 2 aliphatic carbocycles. The second kappa shape index (κ2) is 10.9. The van der Waals surface area contributed by atoms with E-state index in [-0.39, 0.29) is 16.7 Å². The van der Waals surface area contributed by atoms with Crippen LogP contribution in [0.3, 0.4) is 0 Å². The fourth-order valence-corrected chi connectivity index (χ4v) is 6.75. The Hall–Kier alpha value is -5.86. The Morgan fingerprint density at radius 1 is 0.521 bits per heavy atom. The van der Waals surface area contributed by atoms with Gasteiger partial charge in [-0.1, -0.05) is 78.4 Å². The number of halogens is 6. The molecule has 2 aliphatic rings. The summed E-state index contributed by atoms with van der Waals surface area (Å²) in [4.78, 5) is 0. The molecule has 7 rings (SSSR count). The topological polar surface area (TPSA) is 47.6 Å². The maximum Gasteiger partial charge on any atom is 0.426 e. The van der Waals surface area contributed by atoms with Gasteiger partial charge in [-0.25, -0.2) is 0 Å². The monoisotopic (exact) mass is 644 g/mol. The zero-order valence-corrected chi connectivity index (χ0v) is 25.4. The Kier molecular flexibility index (Phi) is 6.96. The van der Waals surface area contributed by atoms with Gasteiger partial charge >= 0.3 is 12.4 Å². The lowest BCUT2D eigenvalue weighted by molar-refractivity contribution is -0.137. The van der Waals surface area contributed by atoms with Crippen LogP contribution in [0.15, 0.2) is 108 Å². The van der Waals surface area contributed by atoms with E-state index < -0.39 is 23.5 Å². The molecule has 0 bridgehead atoms. The molecule has 5 aromatic carbocycles. The molecule has 0 aromatic heterocycles. The highest BCUT2D eigenvalue weighted by Gasteiger charge is 2.42. The second-order valence-corrected chi connectivity index (χ2v) is 11.8. The Morgan fingerprint density at radius 2 is 0.958 bits per heavy atom. The Bertz CT molecular complexity index is 2320. The molecule has 0 atom stereocenters. The van der Waals surface area contributed by atoms with Crippen molar-refractivity contribution in [2.24, 2.45) is 0 Å². The molecule has 0 amide bonds. The Morgan fingerprint density at radius 3 is 1.42 bits per heavy atom. The van der Waals surface area contributed by atoms with Gasteiger partial charge < -0.3 is 0 Å². The second-order valence-electron chi connectivity index (χ2n) is 11.8. The third-order valence-electron chi connectivity index (χ3n) is 8.98. The molecule has 234 valence electrons. The zero-order valence-electron chi connectivity index (χ0n) is 25.4. The number of fused-ring (bicyclic) bond motifs is 7. The molecule has 0 spiro atoms. The van der Waals surface area contributed by atoms with Gasteiger partial charge in [0.15, 0.2) is 0 Å². The standard InChI is InChI=1S/C40H22F6N2/c1-21-3-5-23(6-4-21)25-9-13-28-32(17-25)35(22(2)19-47)30-15-16-31-36(34(20-48)40(44,45)46)33-18-26(10-14-29(33)38(31)37(28)30)24-7-11-27(12-8-24)39(41,42)43/h3-18H,1-2H3/b35-22+,36-34-. The summed E-state index contributed by atoms with van der Waals surface area (Å²) in [5, 5.41) is 19.9. The number of rotatable bonds is 2. The van der Waals surface area contributed by atoms with Gasteiger partial charge in [0, 0.05) is 16.7 Å². The highest BCUT2D eigenvalue weighted by atomic mass is 19.4. The molecular weight excluding hydrogens is 622 g/mol. The van der Waals surface area contributed by atoms with Gasteiger partial charge in [-0.3, -0.25) is 0 Å². The molecule has 0 fully saturated rings. The summed E-state index contributed by atoms with van der Waals surface area (Å²) in [5.74, 6) is 0. The fourth-order valence-electron chi connectivity index (χ4n) is 6.75. The van der Waals surface area contributed by atoms with E-state index in [0.717, 1.165) is 39.9 Å². The molecule has 0 saturated heterocycles. The number of hydrogen-bond donors (Lipinski definition) is 0. The third kappa shape index (κ3) is 4.80. The molecule has 2 nitrogen and oxygen atoms in total. The van der Waals surface area contributed by atoms with Gasteiger partial charge in [0.1, 0.15) is 11.6 Å². The summed E-state index contributed by atoms with van der Waals surface area (Å²) >= 11 is 0. The van der Waals surface area contributed by atoms with Gasteiger partial charge in [-0.15, -0.1) is 0 Å². The van der Waals surface area contributed by atoms with Crippen molar-refractivity contribution in [3.05, 3.63) is 142 Å². The van der Waals surface area contributed by atoms with Crippen molar-refractivity contribution in [1.82, 2.24) is 0 Å². The first kappa shape index (κ1) is 30.8. The summed E-state index contributed by atoms with van der Waals surface area (Å²) in [7, 11) is 0. The predicted octanol–water partition coefficient (Wildman–Crippen LogP) is 11.5. The van der Waals surface area contributed by atoms with Gasteiger partial charge in [-0.2, -0.15) is 36.9 Å². The van der Waals surface area contributed by atoms with E-state index in [1.165, 1.54) is 24.3 Å². The molecule has 0 unspecified atom stereocenters. The molecular formula is C40H22F6N2. The van der Waals surface area contributed by atoms with Crippen LogP contribution in [-0.4, -0.2) is 6.18 Å². The van der Waals surface area contributed by atoms with Gasteiger partial charge in [0.2, 0.25) is 0 Å². The highest BCUT2D eigenvalue weighted by molar-refractivity contribution is 6.15. The van der Waals surface area contributed by atoms with Crippen LogP contribution in [0.1, 0.15) is 40.3 Å². The molecule has 0 saturated carbocycles. The Labute approximate surface area is 272 Å². The van der Waals surface area contributed by atoms with Crippen LogP contribution in [0.4, 0.5) is 26.3 Å². The summed E-state index contributed by atoms with van der Waals surface area (Å²) in [6.45, 7) is 3.69. The normalized spacial score (nSPS) is 15.1. The highest BCUT2D eigenvalue weighted by Crippen LogP contribution is 2.58. The summed E-state index contributed by atoms with van der Waals surface area (Å²) < 4.78 is 83.1. The van der Waals surface area contributed by atoms with Crippen molar-refractivity contribution in [2.75, 3.05) is 0 Å². The van der Waals surface area contributed by atoms with E-state index >= 15 is 0 Å².